The number of aromatic nitrogens is 2. The van der Waals surface area contributed by atoms with Crippen molar-refractivity contribution in [1.29, 1.82) is 0 Å². The maximum absolute atomic E-state index is 5.65. The highest BCUT2D eigenvalue weighted by molar-refractivity contribution is 5.63. The highest BCUT2D eigenvalue weighted by atomic mass is 16.5. The van der Waals surface area contributed by atoms with Gasteiger partial charge in [0.25, 0.3) is 0 Å². The summed E-state index contributed by atoms with van der Waals surface area (Å²) in [5.74, 6) is 3.41. The first-order valence-electron chi connectivity index (χ1n) is 8.78. The lowest BCUT2D eigenvalue weighted by molar-refractivity contribution is 0.317. The number of methoxy groups -OCH3 is 3. The Bertz CT molecular complexity index is 862. The van der Waals surface area contributed by atoms with Crippen molar-refractivity contribution in [2.24, 2.45) is 0 Å². The maximum Gasteiger partial charge on any atom is 0.203 e. The Morgan fingerprint density at radius 2 is 1.59 bits per heavy atom. The van der Waals surface area contributed by atoms with Crippen molar-refractivity contribution < 1.29 is 18.9 Å². The van der Waals surface area contributed by atoms with E-state index in [2.05, 4.69) is 11.9 Å². The predicted molar refractivity (Wildman–Crippen MR) is 104 cm³/mol. The number of rotatable bonds is 8. The van der Waals surface area contributed by atoms with Gasteiger partial charge in [-0.15, -0.1) is 0 Å². The normalized spacial score (nSPS) is 10.5. The van der Waals surface area contributed by atoms with Crippen molar-refractivity contribution in [1.82, 2.24) is 9.55 Å². The van der Waals surface area contributed by atoms with Gasteiger partial charge >= 0.3 is 0 Å². The van der Waals surface area contributed by atoms with Gasteiger partial charge in [0.2, 0.25) is 5.75 Å². The Morgan fingerprint density at radius 1 is 0.926 bits per heavy atom. The van der Waals surface area contributed by atoms with Gasteiger partial charge < -0.3 is 18.9 Å². The Hall–Kier alpha value is -3.15. The molecule has 0 aliphatic rings. The molecule has 0 bridgehead atoms. The van der Waals surface area contributed by atoms with Crippen molar-refractivity contribution >= 4 is 0 Å². The summed E-state index contributed by atoms with van der Waals surface area (Å²) >= 11 is 0. The molecule has 6 heteroatoms. The zero-order chi connectivity index (χ0) is 19.2. The molecule has 6 nitrogen and oxygen atoms in total. The molecule has 1 aromatic heterocycles. The average Bonchev–Trinajstić information content (AvgIpc) is 3.21. The Balaban J connectivity index is 2.00. The van der Waals surface area contributed by atoms with Crippen LogP contribution in [0.5, 0.6) is 23.0 Å². The van der Waals surface area contributed by atoms with E-state index < -0.39 is 0 Å². The molecule has 3 rings (SSSR count). The molecule has 0 aliphatic carbocycles. The van der Waals surface area contributed by atoms with Gasteiger partial charge in [-0.2, -0.15) is 0 Å². The van der Waals surface area contributed by atoms with E-state index in [1.54, 1.807) is 27.5 Å². The molecule has 0 unspecified atom stereocenters. The molecular formula is C21H24N2O4. The van der Waals surface area contributed by atoms with Gasteiger partial charge in [0.05, 0.1) is 33.6 Å². The molecule has 0 radical (unpaired) electrons. The van der Waals surface area contributed by atoms with Crippen LogP contribution in [0.3, 0.4) is 0 Å². The lowest BCUT2D eigenvalue weighted by atomic mass is 10.2. The van der Waals surface area contributed by atoms with E-state index in [0.29, 0.717) is 23.9 Å². The minimum absolute atomic E-state index is 0.558. The second-order valence-corrected chi connectivity index (χ2v) is 5.88. The average molecular weight is 368 g/mol. The Kier molecular flexibility index (Phi) is 5.86. The summed E-state index contributed by atoms with van der Waals surface area (Å²) in [6.45, 7) is 2.79. The third kappa shape index (κ3) is 3.84. The summed E-state index contributed by atoms with van der Waals surface area (Å²) < 4.78 is 24.0. The van der Waals surface area contributed by atoms with Crippen LogP contribution >= 0.6 is 0 Å². The van der Waals surface area contributed by atoms with Gasteiger partial charge in [0, 0.05) is 30.1 Å². The van der Waals surface area contributed by atoms with Gasteiger partial charge in [0.15, 0.2) is 11.5 Å². The quantitative estimate of drug-likeness (QED) is 0.591. The molecule has 0 fully saturated rings. The van der Waals surface area contributed by atoms with E-state index in [9.17, 15) is 0 Å². The summed E-state index contributed by atoms with van der Waals surface area (Å²) in [4.78, 5) is 4.52. The molecule has 0 atom stereocenters. The Morgan fingerprint density at radius 3 is 2.15 bits per heavy atom. The fourth-order valence-electron chi connectivity index (χ4n) is 2.85. The maximum atomic E-state index is 5.65. The number of hydrogen-bond acceptors (Lipinski definition) is 5. The van der Waals surface area contributed by atoms with Gasteiger partial charge in [-0.1, -0.05) is 6.92 Å². The fourth-order valence-corrected chi connectivity index (χ4v) is 2.85. The summed E-state index contributed by atoms with van der Waals surface area (Å²) in [7, 11) is 4.79. The monoisotopic (exact) mass is 368 g/mol. The van der Waals surface area contributed by atoms with E-state index in [0.717, 1.165) is 29.2 Å². The van der Waals surface area contributed by atoms with Crippen LogP contribution in [-0.4, -0.2) is 37.5 Å². The molecule has 142 valence electrons. The SMILES string of the molecule is CCCOc1ccc(-c2nccn2-c2cc(OC)c(OC)c(OC)c2)cc1. The van der Waals surface area contributed by atoms with E-state index in [1.165, 1.54) is 0 Å². The molecule has 0 spiro atoms. The topological polar surface area (TPSA) is 54.7 Å². The lowest BCUT2D eigenvalue weighted by Gasteiger charge is -2.16. The molecule has 0 aliphatic heterocycles. The summed E-state index contributed by atoms with van der Waals surface area (Å²) in [5, 5.41) is 0. The van der Waals surface area contributed by atoms with E-state index in [4.69, 9.17) is 18.9 Å². The van der Waals surface area contributed by atoms with Gasteiger partial charge in [-0.3, -0.25) is 4.57 Å². The molecule has 0 saturated carbocycles. The number of nitrogens with zero attached hydrogens (tertiary/aromatic N) is 2. The van der Waals surface area contributed by atoms with E-state index in [-0.39, 0.29) is 0 Å². The van der Waals surface area contributed by atoms with Gasteiger partial charge in [0.1, 0.15) is 11.6 Å². The highest BCUT2D eigenvalue weighted by Gasteiger charge is 2.16. The first-order chi connectivity index (χ1) is 13.2. The second-order valence-electron chi connectivity index (χ2n) is 5.88. The lowest BCUT2D eigenvalue weighted by Crippen LogP contribution is -2.01. The standard InChI is InChI=1S/C21H24N2O4/c1-5-12-27-17-8-6-15(7-9-17)21-22-10-11-23(21)16-13-18(24-2)20(26-4)19(14-16)25-3/h6-11,13-14H,5,12H2,1-4H3. The van der Waals surface area contributed by atoms with Crippen LogP contribution in [0.15, 0.2) is 48.8 Å². The molecule has 1 heterocycles. The van der Waals surface area contributed by atoms with Gasteiger partial charge in [-0.25, -0.2) is 4.98 Å². The van der Waals surface area contributed by atoms with Crippen molar-refractivity contribution in [3.05, 3.63) is 48.8 Å². The van der Waals surface area contributed by atoms with Crippen molar-refractivity contribution in [2.75, 3.05) is 27.9 Å². The van der Waals surface area contributed by atoms with E-state index >= 15 is 0 Å². The fraction of sp³-hybridized carbons (Fsp3) is 0.286. The van der Waals surface area contributed by atoms with Crippen molar-refractivity contribution in [2.45, 2.75) is 13.3 Å². The minimum atomic E-state index is 0.558. The smallest absolute Gasteiger partial charge is 0.203 e. The predicted octanol–water partition coefficient (Wildman–Crippen LogP) is 4.35. The first kappa shape index (κ1) is 18.6. The highest BCUT2D eigenvalue weighted by Crippen LogP contribution is 2.40. The second kappa shape index (κ2) is 8.49. The number of ether oxygens (including phenoxy) is 4. The Labute approximate surface area is 159 Å². The zero-order valence-electron chi connectivity index (χ0n) is 16.1. The molecule has 0 saturated heterocycles. The summed E-state index contributed by atoms with van der Waals surface area (Å²) in [5.41, 5.74) is 1.85. The van der Waals surface area contributed by atoms with Crippen LogP contribution in [0.4, 0.5) is 0 Å². The van der Waals surface area contributed by atoms with E-state index in [1.807, 2.05) is 47.2 Å². The molecular weight excluding hydrogens is 344 g/mol. The zero-order valence-corrected chi connectivity index (χ0v) is 16.1. The molecule has 0 amide bonds. The van der Waals surface area contributed by atoms with Crippen LogP contribution in [-0.2, 0) is 0 Å². The third-order valence-corrected chi connectivity index (χ3v) is 4.15. The van der Waals surface area contributed by atoms with Crippen molar-refractivity contribution in [3.8, 4) is 40.1 Å². The van der Waals surface area contributed by atoms with Crippen LogP contribution in [0.1, 0.15) is 13.3 Å². The van der Waals surface area contributed by atoms with Crippen LogP contribution in [0.2, 0.25) is 0 Å². The summed E-state index contributed by atoms with van der Waals surface area (Å²) in [6.07, 6.45) is 4.64. The van der Waals surface area contributed by atoms with Gasteiger partial charge in [-0.05, 0) is 30.7 Å². The van der Waals surface area contributed by atoms with Crippen LogP contribution < -0.4 is 18.9 Å². The third-order valence-electron chi connectivity index (χ3n) is 4.15. The van der Waals surface area contributed by atoms with Crippen molar-refractivity contribution in [3.63, 3.8) is 0 Å². The molecule has 3 aromatic rings. The largest absolute Gasteiger partial charge is 0.494 e. The van der Waals surface area contributed by atoms with Crippen LogP contribution in [0, 0.1) is 0 Å². The first-order valence-corrected chi connectivity index (χ1v) is 8.78. The summed E-state index contributed by atoms with van der Waals surface area (Å²) in [6, 6.07) is 11.7. The number of benzene rings is 2. The number of imidazole rings is 1. The molecule has 0 N–H and O–H groups in total. The number of hydrogen-bond donors (Lipinski definition) is 0. The molecule has 2 aromatic carbocycles. The van der Waals surface area contributed by atoms with Crippen LogP contribution in [0.25, 0.3) is 17.1 Å². The minimum Gasteiger partial charge on any atom is -0.494 e. The molecule has 27 heavy (non-hydrogen) atoms.